The molecule has 0 atom stereocenters. The number of nitriles is 1. The van der Waals surface area contributed by atoms with Gasteiger partial charge in [-0.3, -0.25) is 0 Å². The molecule has 9 heteroatoms. The molecule has 0 aliphatic carbocycles. The van der Waals surface area contributed by atoms with Crippen molar-refractivity contribution in [2.24, 2.45) is 5.14 Å². The van der Waals surface area contributed by atoms with Gasteiger partial charge in [0.05, 0.1) is 11.1 Å². The Bertz CT molecular complexity index is 564. The molecule has 0 unspecified atom stereocenters. The second-order valence-corrected chi connectivity index (χ2v) is 4.26. The van der Waals surface area contributed by atoms with Crippen LogP contribution in [0.25, 0.3) is 0 Å². The first-order valence-corrected chi connectivity index (χ1v) is 5.33. The molecule has 0 aliphatic heterocycles. The number of anilines is 1. The summed E-state index contributed by atoms with van der Waals surface area (Å²) in [6.45, 7) is 0. The number of nitrogens with zero attached hydrogens (tertiary/aromatic N) is 2. The monoisotopic (exact) mass is 248 g/mol. The van der Waals surface area contributed by atoms with Crippen molar-refractivity contribution >= 4 is 15.8 Å². The zero-order chi connectivity index (χ0) is 12.5. The molecule has 0 bridgehead atoms. The number of halogens is 2. The number of rotatable bonds is 2. The van der Waals surface area contributed by atoms with Crippen LogP contribution < -0.4 is 10.9 Å². The van der Waals surface area contributed by atoms with E-state index in [1.165, 1.54) is 6.07 Å². The third kappa shape index (κ3) is 2.07. The van der Waals surface area contributed by atoms with Crippen molar-refractivity contribution in [2.75, 3.05) is 5.73 Å². The molecule has 0 aromatic carbocycles. The van der Waals surface area contributed by atoms with Gasteiger partial charge in [0.1, 0.15) is 16.8 Å². The van der Waals surface area contributed by atoms with Crippen molar-refractivity contribution in [1.82, 2.24) is 4.98 Å². The summed E-state index contributed by atoms with van der Waals surface area (Å²) in [6.07, 6.45) is -2.42. The maximum absolute atomic E-state index is 12.6. The molecule has 16 heavy (non-hydrogen) atoms. The predicted molar refractivity (Wildman–Crippen MR) is 49.7 cm³/mol. The molecule has 0 radical (unpaired) electrons. The van der Waals surface area contributed by atoms with Crippen LogP contribution in [-0.2, 0) is 10.0 Å². The smallest absolute Gasteiger partial charge is 0.266 e. The highest BCUT2D eigenvalue weighted by atomic mass is 32.2. The lowest BCUT2D eigenvalue weighted by Gasteiger charge is -2.10. The van der Waals surface area contributed by atoms with Crippen LogP contribution in [0.4, 0.5) is 14.6 Å². The Kier molecular flexibility index (Phi) is 3.06. The Hall–Kier alpha value is -1.79. The second-order valence-electron chi connectivity index (χ2n) is 2.76. The van der Waals surface area contributed by atoms with E-state index < -0.39 is 38.3 Å². The fourth-order valence-corrected chi connectivity index (χ4v) is 1.98. The van der Waals surface area contributed by atoms with Crippen LogP contribution in [0.3, 0.4) is 0 Å². The topological polar surface area (TPSA) is 123 Å². The average molecular weight is 248 g/mol. The van der Waals surface area contributed by atoms with Gasteiger partial charge in [0.2, 0.25) is 10.0 Å². The van der Waals surface area contributed by atoms with Crippen molar-refractivity contribution in [2.45, 2.75) is 11.3 Å². The summed E-state index contributed by atoms with van der Waals surface area (Å²) in [5.41, 5.74) is 3.56. The lowest BCUT2D eigenvalue weighted by Crippen LogP contribution is -2.18. The Balaban J connectivity index is 3.78. The summed E-state index contributed by atoms with van der Waals surface area (Å²) in [5, 5.41) is 13.3. The normalized spacial score (nSPS) is 11.4. The number of alkyl halides is 2. The molecule has 0 saturated heterocycles. The minimum atomic E-state index is -4.46. The summed E-state index contributed by atoms with van der Waals surface area (Å²) in [5.74, 6) is -0.656. The fourth-order valence-electron chi connectivity index (χ4n) is 1.13. The molecular weight excluding hydrogens is 242 g/mol. The van der Waals surface area contributed by atoms with E-state index in [1.807, 2.05) is 0 Å². The van der Waals surface area contributed by atoms with Crippen LogP contribution in [0.2, 0.25) is 0 Å². The fraction of sp³-hybridized carbons (Fsp3) is 0.143. The van der Waals surface area contributed by atoms with E-state index in [0.717, 1.165) is 6.20 Å². The second kappa shape index (κ2) is 3.99. The molecular formula is C7H6F2N4O2S. The van der Waals surface area contributed by atoms with Gasteiger partial charge in [-0.25, -0.2) is 27.3 Å². The Morgan fingerprint density at radius 2 is 2.06 bits per heavy atom. The van der Waals surface area contributed by atoms with Crippen molar-refractivity contribution in [3.63, 3.8) is 0 Å². The molecule has 1 aromatic heterocycles. The summed E-state index contributed by atoms with van der Waals surface area (Å²) in [4.78, 5) is 2.32. The Morgan fingerprint density at radius 3 is 2.44 bits per heavy atom. The van der Waals surface area contributed by atoms with Gasteiger partial charge in [0.15, 0.2) is 0 Å². The van der Waals surface area contributed by atoms with Crippen LogP contribution in [0, 0.1) is 11.3 Å². The average Bonchev–Trinajstić information content (AvgIpc) is 2.15. The Morgan fingerprint density at radius 1 is 1.50 bits per heavy atom. The number of nitrogens with two attached hydrogens (primary N) is 2. The SMILES string of the molecule is N#Cc1cnc(N)c(S(N)(=O)=O)c1C(F)F. The quantitative estimate of drug-likeness (QED) is 0.769. The first-order valence-electron chi connectivity index (χ1n) is 3.78. The highest BCUT2D eigenvalue weighted by molar-refractivity contribution is 7.89. The van der Waals surface area contributed by atoms with E-state index in [4.69, 9.17) is 16.1 Å². The van der Waals surface area contributed by atoms with E-state index in [2.05, 4.69) is 4.98 Å². The predicted octanol–water partition coefficient (Wildman–Crippen LogP) is 0.120. The van der Waals surface area contributed by atoms with Gasteiger partial charge in [-0.15, -0.1) is 0 Å². The molecule has 86 valence electrons. The van der Waals surface area contributed by atoms with Gasteiger partial charge in [0.25, 0.3) is 6.43 Å². The maximum atomic E-state index is 12.6. The zero-order valence-corrected chi connectivity index (χ0v) is 8.50. The highest BCUT2D eigenvalue weighted by Gasteiger charge is 2.27. The van der Waals surface area contributed by atoms with E-state index >= 15 is 0 Å². The van der Waals surface area contributed by atoms with E-state index in [0.29, 0.717) is 0 Å². The molecule has 0 spiro atoms. The van der Waals surface area contributed by atoms with Gasteiger partial charge in [-0.1, -0.05) is 0 Å². The van der Waals surface area contributed by atoms with Gasteiger partial charge in [-0.05, 0) is 0 Å². The first kappa shape index (κ1) is 12.3. The van der Waals surface area contributed by atoms with Gasteiger partial charge < -0.3 is 5.73 Å². The lowest BCUT2D eigenvalue weighted by molar-refractivity contribution is 0.147. The number of sulfonamides is 1. The standard InChI is InChI=1S/C7H6F2N4O2S/c8-6(9)4-3(1-10)2-13-7(11)5(4)16(12,14)15/h2,6H,(H2,11,13)(H2,12,14,15). The molecule has 0 aliphatic rings. The molecule has 0 amide bonds. The van der Waals surface area contributed by atoms with Crippen LogP contribution in [-0.4, -0.2) is 13.4 Å². The third-order valence-electron chi connectivity index (χ3n) is 1.72. The minimum Gasteiger partial charge on any atom is -0.383 e. The largest absolute Gasteiger partial charge is 0.383 e. The van der Waals surface area contributed by atoms with E-state index in [-0.39, 0.29) is 0 Å². The van der Waals surface area contributed by atoms with Crippen LogP contribution >= 0.6 is 0 Å². The van der Waals surface area contributed by atoms with Crippen molar-refractivity contribution in [3.8, 4) is 6.07 Å². The van der Waals surface area contributed by atoms with Crippen LogP contribution in [0.1, 0.15) is 17.6 Å². The Labute approximate surface area is 89.5 Å². The maximum Gasteiger partial charge on any atom is 0.266 e. The lowest BCUT2D eigenvalue weighted by atomic mass is 10.1. The van der Waals surface area contributed by atoms with Crippen LogP contribution in [0.15, 0.2) is 11.1 Å². The molecule has 1 heterocycles. The minimum absolute atomic E-state index is 0.576. The van der Waals surface area contributed by atoms with Crippen LogP contribution in [0.5, 0.6) is 0 Å². The molecule has 0 saturated carbocycles. The van der Waals surface area contributed by atoms with E-state index in [9.17, 15) is 17.2 Å². The third-order valence-corrected chi connectivity index (χ3v) is 2.72. The molecule has 1 rings (SSSR count). The van der Waals surface area contributed by atoms with Crippen molar-refractivity contribution < 1.29 is 17.2 Å². The molecule has 0 fully saturated rings. The molecule has 6 nitrogen and oxygen atoms in total. The summed E-state index contributed by atoms with van der Waals surface area (Å²) in [6, 6.07) is 1.40. The summed E-state index contributed by atoms with van der Waals surface area (Å²) < 4.78 is 47.4. The number of hydrogen-bond donors (Lipinski definition) is 2. The van der Waals surface area contributed by atoms with E-state index in [1.54, 1.807) is 0 Å². The van der Waals surface area contributed by atoms with Gasteiger partial charge >= 0.3 is 0 Å². The van der Waals surface area contributed by atoms with Crippen molar-refractivity contribution in [3.05, 3.63) is 17.3 Å². The number of hydrogen-bond acceptors (Lipinski definition) is 5. The van der Waals surface area contributed by atoms with Gasteiger partial charge in [-0.2, -0.15) is 5.26 Å². The molecule has 1 aromatic rings. The number of nitrogen functional groups attached to an aromatic ring is 1. The highest BCUT2D eigenvalue weighted by Crippen LogP contribution is 2.31. The summed E-state index contributed by atoms with van der Waals surface area (Å²) in [7, 11) is -4.46. The number of pyridine rings is 1. The zero-order valence-electron chi connectivity index (χ0n) is 7.68. The molecule has 4 N–H and O–H groups in total. The summed E-state index contributed by atoms with van der Waals surface area (Å²) >= 11 is 0. The first-order chi connectivity index (χ1) is 7.29. The number of aromatic nitrogens is 1. The van der Waals surface area contributed by atoms with Gasteiger partial charge in [0, 0.05) is 6.20 Å². The van der Waals surface area contributed by atoms with Crippen molar-refractivity contribution in [1.29, 1.82) is 5.26 Å². The number of primary sulfonamides is 1.